The van der Waals surface area contributed by atoms with E-state index in [1.165, 1.54) is 49.8 Å². The lowest BCUT2D eigenvalue weighted by molar-refractivity contribution is -0.133. The summed E-state index contributed by atoms with van der Waals surface area (Å²) in [6, 6.07) is 9.13. The molecule has 0 aromatic heterocycles. The van der Waals surface area contributed by atoms with E-state index in [0.717, 1.165) is 12.5 Å². The third-order valence-corrected chi connectivity index (χ3v) is 5.99. The van der Waals surface area contributed by atoms with E-state index < -0.39 is 0 Å². The average Bonchev–Trinajstić information content (AvgIpc) is 2.62. The van der Waals surface area contributed by atoms with Crippen LogP contribution in [0.1, 0.15) is 44.1 Å². The van der Waals surface area contributed by atoms with Gasteiger partial charge in [-0.25, -0.2) is 0 Å². The number of rotatable bonds is 5. The third kappa shape index (κ3) is 4.55. The van der Waals surface area contributed by atoms with Crippen molar-refractivity contribution in [3.63, 3.8) is 0 Å². The Balaban J connectivity index is 1.55. The van der Waals surface area contributed by atoms with E-state index in [4.69, 9.17) is 0 Å². The number of benzene rings is 1. The standard InChI is InChI=1S/C21H33N3O/c1-22(2)19-12-10-17(11-13-19)15-23(3)21(25)16-24-14-6-8-18-7-4-5-9-20(18)24/h10-13,18,20H,4-9,14-16H2,1-3H3. The molecule has 2 unspecified atom stereocenters. The van der Waals surface area contributed by atoms with Crippen molar-refractivity contribution in [3.05, 3.63) is 29.8 Å². The second kappa shape index (κ2) is 8.22. The van der Waals surface area contributed by atoms with Gasteiger partial charge >= 0.3 is 0 Å². The minimum absolute atomic E-state index is 0.253. The van der Waals surface area contributed by atoms with Crippen LogP contribution in [0.25, 0.3) is 0 Å². The third-order valence-electron chi connectivity index (χ3n) is 5.99. The van der Waals surface area contributed by atoms with Gasteiger partial charge in [0.1, 0.15) is 0 Å². The zero-order chi connectivity index (χ0) is 17.8. The van der Waals surface area contributed by atoms with Gasteiger partial charge in [-0.2, -0.15) is 0 Å². The maximum absolute atomic E-state index is 12.7. The minimum atomic E-state index is 0.253. The van der Waals surface area contributed by atoms with E-state index >= 15 is 0 Å². The summed E-state index contributed by atoms with van der Waals surface area (Å²) in [6.45, 7) is 2.38. The summed E-state index contributed by atoms with van der Waals surface area (Å²) < 4.78 is 0. The molecule has 3 rings (SSSR count). The summed E-state index contributed by atoms with van der Waals surface area (Å²) in [5.74, 6) is 1.09. The van der Waals surface area contributed by atoms with Crippen molar-refractivity contribution >= 4 is 11.6 Å². The second-order valence-electron chi connectivity index (χ2n) is 8.04. The smallest absolute Gasteiger partial charge is 0.236 e. The predicted molar refractivity (Wildman–Crippen MR) is 104 cm³/mol. The molecule has 1 saturated carbocycles. The number of likely N-dealkylation sites (N-methyl/N-ethyl adjacent to an activating group) is 1. The molecule has 4 heteroatoms. The Hall–Kier alpha value is -1.55. The fourth-order valence-corrected chi connectivity index (χ4v) is 4.48. The maximum atomic E-state index is 12.7. The molecular weight excluding hydrogens is 310 g/mol. The largest absolute Gasteiger partial charge is 0.378 e. The van der Waals surface area contributed by atoms with E-state index in [1.807, 2.05) is 26.0 Å². The van der Waals surface area contributed by atoms with Gasteiger partial charge in [-0.3, -0.25) is 9.69 Å². The number of fused-ring (bicyclic) bond motifs is 1. The first-order valence-electron chi connectivity index (χ1n) is 9.79. The van der Waals surface area contributed by atoms with Crippen LogP contribution in [0.3, 0.4) is 0 Å². The van der Waals surface area contributed by atoms with Crippen LogP contribution in [0, 0.1) is 5.92 Å². The highest BCUT2D eigenvalue weighted by molar-refractivity contribution is 5.78. The molecule has 1 aliphatic carbocycles. The molecule has 138 valence electrons. The summed E-state index contributed by atoms with van der Waals surface area (Å²) in [5, 5.41) is 0. The fourth-order valence-electron chi connectivity index (χ4n) is 4.48. The highest BCUT2D eigenvalue weighted by Gasteiger charge is 2.34. The highest BCUT2D eigenvalue weighted by atomic mass is 16.2. The summed E-state index contributed by atoms with van der Waals surface area (Å²) in [7, 11) is 6.02. The van der Waals surface area contributed by atoms with Crippen LogP contribution < -0.4 is 4.90 Å². The van der Waals surface area contributed by atoms with Crippen LogP contribution in [0.5, 0.6) is 0 Å². The molecule has 1 heterocycles. The van der Waals surface area contributed by atoms with E-state index in [0.29, 0.717) is 19.1 Å². The van der Waals surface area contributed by atoms with Crippen LogP contribution in [0.4, 0.5) is 5.69 Å². The van der Waals surface area contributed by atoms with Crippen molar-refractivity contribution in [2.24, 2.45) is 5.92 Å². The quantitative estimate of drug-likeness (QED) is 0.820. The molecule has 0 bridgehead atoms. The van der Waals surface area contributed by atoms with Crippen molar-refractivity contribution in [2.45, 2.75) is 51.1 Å². The first kappa shape index (κ1) is 18.2. The number of hydrogen-bond acceptors (Lipinski definition) is 3. The molecule has 1 amide bonds. The molecule has 1 aromatic carbocycles. The molecule has 25 heavy (non-hydrogen) atoms. The first-order chi connectivity index (χ1) is 12.0. The van der Waals surface area contributed by atoms with Crippen molar-refractivity contribution in [3.8, 4) is 0 Å². The summed E-state index contributed by atoms with van der Waals surface area (Å²) in [6.07, 6.45) is 7.98. The van der Waals surface area contributed by atoms with Crippen molar-refractivity contribution in [1.29, 1.82) is 0 Å². The molecule has 2 aliphatic rings. The summed E-state index contributed by atoms with van der Waals surface area (Å²) >= 11 is 0. The number of piperidine rings is 1. The molecule has 2 fully saturated rings. The van der Waals surface area contributed by atoms with E-state index in [1.54, 1.807) is 0 Å². The van der Waals surface area contributed by atoms with Gasteiger partial charge in [0.15, 0.2) is 0 Å². The number of carbonyl (C=O) groups excluding carboxylic acids is 1. The summed E-state index contributed by atoms with van der Waals surface area (Å²) in [5.41, 5.74) is 2.38. The molecular formula is C21H33N3O. The van der Waals surface area contributed by atoms with Gasteiger partial charge in [0, 0.05) is 39.4 Å². The number of hydrogen-bond donors (Lipinski definition) is 0. The number of anilines is 1. The number of amides is 1. The molecule has 0 radical (unpaired) electrons. The Morgan fingerprint density at radius 1 is 1.04 bits per heavy atom. The molecule has 1 aliphatic heterocycles. The molecule has 4 nitrogen and oxygen atoms in total. The molecule has 0 N–H and O–H groups in total. The Morgan fingerprint density at radius 2 is 1.72 bits per heavy atom. The van der Waals surface area contributed by atoms with Crippen LogP contribution in [-0.4, -0.2) is 56.0 Å². The predicted octanol–water partition coefficient (Wildman–Crippen LogP) is 3.37. The lowest BCUT2D eigenvalue weighted by atomic mass is 9.78. The molecule has 0 spiro atoms. The Kier molecular flexibility index (Phi) is 6.00. The number of carbonyl (C=O) groups is 1. The second-order valence-corrected chi connectivity index (χ2v) is 8.04. The Morgan fingerprint density at radius 3 is 2.44 bits per heavy atom. The van der Waals surface area contributed by atoms with Crippen LogP contribution in [0.15, 0.2) is 24.3 Å². The molecule has 1 aromatic rings. The molecule has 1 saturated heterocycles. The zero-order valence-electron chi connectivity index (χ0n) is 16.1. The first-order valence-corrected chi connectivity index (χ1v) is 9.79. The average molecular weight is 344 g/mol. The normalized spacial score (nSPS) is 23.8. The van der Waals surface area contributed by atoms with Crippen molar-refractivity contribution in [1.82, 2.24) is 9.80 Å². The van der Waals surface area contributed by atoms with Gasteiger partial charge in [-0.1, -0.05) is 25.0 Å². The number of nitrogens with zero attached hydrogens (tertiary/aromatic N) is 3. The van der Waals surface area contributed by atoms with Gasteiger partial charge in [-0.05, 0) is 55.8 Å². The fraction of sp³-hybridized carbons (Fsp3) is 0.667. The van der Waals surface area contributed by atoms with E-state index in [9.17, 15) is 4.79 Å². The van der Waals surface area contributed by atoms with Gasteiger partial charge < -0.3 is 9.80 Å². The Labute approximate surface area is 152 Å². The van der Waals surface area contributed by atoms with Crippen LogP contribution in [0.2, 0.25) is 0 Å². The molecule has 2 atom stereocenters. The zero-order valence-corrected chi connectivity index (χ0v) is 16.1. The van der Waals surface area contributed by atoms with Crippen LogP contribution >= 0.6 is 0 Å². The maximum Gasteiger partial charge on any atom is 0.236 e. The van der Waals surface area contributed by atoms with Gasteiger partial charge in [0.25, 0.3) is 0 Å². The Bertz CT molecular complexity index is 567. The van der Waals surface area contributed by atoms with Crippen molar-refractivity contribution < 1.29 is 4.79 Å². The van der Waals surface area contributed by atoms with Gasteiger partial charge in [-0.15, -0.1) is 0 Å². The van der Waals surface area contributed by atoms with E-state index in [-0.39, 0.29) is 5.91 Å². The van der Waals surface area contributed by atoms with Gasteiger partial charge in [0.05, 0.1) is 6.54 Å². The lowest BCUT2D eigenvalue weighted by Crippen LogP contribution is -2.50. The topological polar surface area (TPSA) is 26.8 Å². The van der Waals surface area contributed by atoms with Gasteiger partial charge in [0.2, 0.25) is 5.91 Å². The van der Waals surface area contributed by atoms with Crippen LogP contribution in [-0.2, 0) is 11.3 Å². The highest BCUT2D eigenvalue weighted by Crippen LogP contribution is 2.35. The SMILES string of the molecule is CN(Cc1ccc(N(C)C)cc1)C(=O)CN1CCCC2CCCCC21. The van der Waals surface area contributed by atoms with Crippen molar-refractivity contribution in [2.75, 3.05) is 39.1 Å². The minimum Gasteiger partial charge on any atom is -0.378 e. The monoisotopic (exact) mass is 343 g/mol. The lowest BCUT2D eigenvalue weighted by Gasteiger charge is -2.44. The van der Waals surface area contributed by atoms with E-state index in [2.05, 4.69) is 34.1 Å². The summed E-state index contributed by atoms with van der Waals surface area (Å²) in [4.78, 5) is 19.2. The number of likely N-dealkylation sites (tertiary alicyclic amines) is 1.